The van der Waals surface area contributed by atoms with E-state index in [1.807, 2.05) is 20.8 Å². The molecule has 1 amide bonds. The number of nitrogens with zero attached hydrogens (tertiary/aromatic N) is 3. The third-order valence-corrected chi connectivity index (χ3v) is 7.29. The maximum absolute atomic E-state index is 12.7. The first-order chi connectivity index (χ1) is 22.9. The van der Waals surface area contributed by atoms with Gasteiger partial charge >= 0.3 is 11.9 Å². The van der Waals surface area contributed by atoms with Crippen molar-refractivity contribution in [2.75, 3.05) is 22.6 Å². The Morgan fingerprint density at radius 1 is 0.708 bits per heavy atom. The topological polar surface area (TPSA) is 167 Å². The lowest BCUT2D eigenvalue weighted by Gasteiger charge is -2.20. The summed E-state index contributed by atoms with van der Waals surface area (Å²) in [7, 11) is 0. The molecule has 4 rings (SSSR count). The van der Waals surface area contributed by atoms with Crippen molar-refractivity contribution in [3.05, 3.63) is 89.5 Å². The van der Waals surface area contributed by atoms with E-state index in [2.05, 4.69) is 50.1 Å². The Balaban J connectivity index is 1.51. The zero-order valence-electron chi connectivity index (χ0n) is 28.0. The first-order valence-electron chi connectivity index (χ1n) is 16.0. The van der Waals surface area contributed by atoms with Gasteiger partial charge in [0.05, 0.1) is 17.7 Å². The highest BCUT2D eigenvalue weighted by atomic mass is 16.5. The van der Waals surface area contributed by atoms with Gasteiger partial charge in [0.1, 0.15) is 0 Å². The molecule has 0 saturated heterocycles. The number of aromatic nitrogens is 3. The monoisotopic (exact) mass is 653 g/mol. The summed E-state index contributed by atoms with van der Waals surface area (Å²) in [5.41, 5.74) is 2.57. The van der Waals surface area contributed by atoms with Gasteiger partial charge in [0.25, 0.3) is 5.91 Å². The number of aromatic carboxylic acids is 1. The number of carbonyl (C=O) groups excluding carboxylic acids is 2. The summed E-state index contributed by atoms with van der Waals surface area (Å²) in [5, 5.41) is 21.5. The van der Waals surface area contributed by atoms with Gasteiger partial charge in [-0.3, -0.25) is 4.79 Å². The third kappa shape index (κ3) is 10.8. The summed E-state index contributed by atoms with van der Waals surface area (Å²) < 4.78 is 5.58. The molecule has 0 aliphatic heterocycles. The van der Waals surface area contributed by atoms with Crippen molar-refractivity contribution in [3.8, 4) is 0 Å². The van der Waals surface area contributed by atoms with E-state index in [1.165, 1.54) is 12.1 Å². The number of rotatable bonds is 15. The van der Waals surface area contributed by atoms with Crippen LogP contribution < -0.4 is 21.3 Å². The first-order valence-corrected chi connectivity index (χ1v) is 16.0. The lowest BCUT2D eigenvalue weighted by Crippen LogP contribution is -2.40. The highest BCUT2D eigenvalue weighted by Crippen LogP contribution is 2.23. The van der Waals surface area contributed by atoms with Crippen LogP contribution in [0.3, 0.4) is 0 Å². The molecule has 0 aliphatic rings. The van der Waals surface area contributed by atoms with E-state index in [0.29, 0.717) is 40.7 Å². The predicted octanol–water partition coefficient (Wildman–Crippen LogP) is 7.70. The zero-order valence-corrected chi connectivity index (χ0v) is 28.0. The molecule has 12 nitrogen and oxygen atoms in total. The molecule has 48 heavy (non-hydrogen) atoms. The number of carbonyl (C=O) groups is 3. The lowest BCUT2D eigenvalue weighted by molar-refractivity contribution is 0.0427. The van der Waals surface area contributed by atoms with Gasteiger partial charge in [0, 0.05) is 28.2 Å². The highest BCUT2D eigenvalue weighted by Gasteiger charge is 2.16. The Hall–Kier alpha value is -5.52. The van der Waals surface area contributed by atoms with Gasteiger partial charge < -0.3 is 31.1 Å². The van der Waals surface area contributed by atoms with Crippen LogP contribution in [0.15, 0.2) is 72.8 Å². The van der Waals surface area contributed by atoms with Crippen LogP contribution in [0.2, 0.25) is 0 Å². The van der Waals surface area contributed by atoms with Crippen LogP contribution in [0.5, 0.6) is 0 Å². The number of hydrogen-bond acceptors (Lipinski definition) is 10. The van der Waals surface area contributed by atoms with E-state index in [9.17, 15) is 19.5 Å². The Morgan fingerprint density at radius 3 is 1.54 bits per heavy atom. The highest BCUT2D eigenvalue weighted by molar-refractivity contribution is 5.95. The van der Waals surface area contributed by atoms with E-state index >= 15 is 0 Å². The Bertz CT molecular complexity index is 1690. The van der Waals surface area contributed by atoms with Crippen molar-refractivity contribution in [2.45, 2.75) is 65.8 Å². The average Bonchev–Trinajstić information content (AvgIpc) is 3.05. The minimum atomic E-state index is -1.03. The number of benzene rings is 3. The molecule has 1 aromatic heterocycles. The van der Waals surface area contributed by atoms with Gasteiger partial charge in [0.15, 0.2) is 0 Å². The van der Waals surface area contributed by atoms with Crippen LogP contribution in [0, 0.1) is 5.92 Å². The van der Waals surface area contributed by atoms with E-state index < -0.39 is 5.97 Å². The van der Waals surface area contributed by atoms with E-state index in [0.717, 1.165) is 25.7 Å². The number of nitrogens with one attached hydrogen (secondary N) is 4. The molecule has 5 N–H and O–H groups in total. The summed E-state index contributed by atoms with van der Waals surface area (Å²) in [6.07, 6.45) is 4.22. The van der Waals surface area contributed by atoms with Crippen LogP contribution in [-0.4, -0.2) is 50.1 Å². The van der Waals surface area contributed by atoms with Crippen LogP contribution in [0.4, 0.5) is 34.9 Å². The van der Waals surface area contributed by atoms with Gasteiger partial charge in [-0.1, -0.05) is 33.1 Å². The van der Waals surface area contributed by atoms with Crippen molar-refractivity contribution in [1.29, 1.82) is 0 Å². The molecule has 0 fully saturated rings. The summed E-state index contributed by atoms with van der Waals surface area (Å²) in [6.45, 7) is 10.4. The van der Waals surface area contributed by atoms with Crippen LogP contribution in [0.25, 0.3) is 0 Å². The van der Waals surface area contributed by atoms with Crippen molar-refractivity contribution in [2.24, 2.45) is 5.92 Å². The molecule has 0 radical (unpaired) electrons. The molecular formula is C36H43N7O5. The number of unbranched alkanes of at least 4 members (excludes halogenated alkanes) is 1. The molecule has 1 heterocycles. The fourth-order valence-corrected chi connectivity index (χ4v) is 4.61. The Kier molecular flexibility index (Phi) is 12.0. The SMILES string of the molecule is CCCCC(CC)COC(=O)c1ccc(Nc2nc(Nc3ccc(C(=O)O)cc3)nc(Nc3ccc(C(=O)NC(C)(C)C)cc3)n2)cc1. The van der Waals surface area contributed by atoms with Gasteiger partial charge in [0.2, 0.25) is 17.8 Å². The number of esters is 1. The molecule has 1 atom stereocenters. The van der Waals surface area contributed by atoms with Crippen molar-refractivity contribution in [3.63, 3.8) is 0 Å². The van der Waals surface area contributed by atoms with E-state index in [-0.39, 0.29) is 40.8 Å². The first kappa shape index (κ1) is 35.3. The number of anilines is 6. The molecule has 0 saturated carbocycles. The molecule has 3 aromatic carbocycles. The van der Waals surface area contributed by atoms with Crippen LogP contribution in [0.1, 0.15) is 91.4 Å². The quantitative estimate of drug-likeness (QED) is 0.0797. The van der Waals surface area contributed by atoms with Crippen molar-refractivity contribution in [1.82, 2.24) is 20.3 Å². The molecule has 12 heteroatoms. The number of carboxylic acids is 1. The van der Waals surface area contributed by atoms with Crippen molar-refractivity contribution >= 4 is 52.8 Å². The minimum Gasteiger partial charge on any atom is -0.478 e. The average molecular weight is 654 g/mol. The number of amides is 1. The second-order valence-corrected chi connectivity index (χ2v) is 12.4. The predicted molar refractivity (Wildman–Crippen MR) is 187 cm³/mol. The molecule has 0 aliphatic carbocycles. The maximum Gasteiger partial charge on any atom is 0.338 e. The maximum atomic E-state index is 12.7. The molecule has 0 bridgehead atoms. The van der Waals surface area contributed by atoms with Gasteiger partial charge in [-0.15, -0.1) is 0 Å². The number of hydrogen-bond donors (Lipinski definition) is 5. The molecule has 1 unspecified atom stereocenters. The molecule has 0 spiro atoms. The van der Waals surface area contributed by atoms with E-state index in [1.54, 1.807) is 60.7 Å². The summed E-state index contributed by atoms with van der Waals surface area (Å²) in [4.78, 5) is 50.0. The Morgan fingerprint density at radius 2 is 1.15 bits per heavy atom. The van der Waals surface area contributed by atoms with Gasteiger partial charge in [-0.25, -0.2) is 9.59 Å². The lowest BCUT2D eigenvalue weighted by atomic mass is 10.0. The minimum absolute atomic E-state index is 0.148. The fraction of sp³-hybridized carbons (Fsp3) is 0.333. The third-order valence-electron chi connectivity index (χ3n) is 7.29. The molecule has 252 valence electrons. The standard InChI is InChI=1S/C36H43N7O5/c1-6-8-9-23(7-2)22-48-32(47)26-14-20-29(21-15-26)39-35-41-33(37-27-16-10-24(11-17-27)30(44)43-36(3,4)5)40-34(42-35)38-28-18-12-25(13-19-28)31(45)46/h10-21,23H,6-9,22H2,1-5H3,(H,43,44)(H,45,46)(H3,37,38,39,40,41,42). The van der Waals surface area contributed by atoms with Gasteiger partial charge in [-0.05, 0) is 106 Å². The fourth-order valence-electron chi connectivity index (χ4n) is 4.61. The van der Waals surface area contributed by atoms with Gasteiger partial charge in [-0.2, -0.15) is 15.0 Å². The van der Waals surface area contributed by atoms with Crippen LogP contribution in [-0.2, 0) is 4.74 Å². The second-order valence-electron chi connectivity index (χ2n) is 12.4. The zero-order chi connectivity index (χ0) is 34.7. The number of carboxylic acid groups (broad SMARTS) is 1. The van der Waals surface area contributed by atoms with Crippen LogP contribution >= 0.6 is 0 Å². The van der Waals surface area contributed by atoms with Crippen molar-refractivity contribution < 1.29 is 24.2 Å². The molecular weight excluding hydrogens is 610 g/mol. The number of ether oxygens (including phenoxy) is 1. The summed E-state index contributed by atoms with van der Waals surface area (Å²) >= 11 is 0. The smallest absolute Gasteiger partial charge is 0.338 e. The normalized spacial score (nSPS) is 11.7. The van der Waals surface area contributed by atoms with E-state index in [4.69, 9.17) is 4.74 Å². The Labute approximate surface area is 280 Å². The summed E-state index contributed by atoms with van der Waals surface area (Å²) in [6, 6.07) is 19.9. The second kappa shape index (κ2) is 16.3. The largest absolute Gasteiger partial charge is 0.478 e. The summed E-state index contributed by atoms with van der Waals surface area (Å²) in [5.74, 6) is -0.632. The molecule has 4 aromatic rings.